The van der Waals surface area contributed by atoms with E-state index < -0.39 is 10.0 Å². The molecular formula is C14H20ClNO3S. The molecule has 1 aliphatic heterocycles. The van der Waals surface area contributed by atoms with Crippen molar-refractivity contribution in [3.8, 4) is 0 Å². The third-order valence-corrected chi connectivity index (χ3v) is 6.33. The predicted molar refractivity (Wildman–Crippen MR) is 79.4 cm³/mol. The van der Waals surface area contributed by atoms with Gasteiger partial charge in [0.25, 0.3) is 0 Å². The van der Waals surface area contributed by atoms with Crippen LogP contribution in [0.2, 0.25) is 5.02 Å². The highest BCUT2D eigenvalue weighted by atomic mass is 35.5. The summed E-state index contributed by atoms with van der Waals surface area (Å²) in [7, 11) is -3.50. The number of hydrogen-bond acceptors (Lipinski definition) is 3. The second-order valence-electron chi connectivity index (χ2n) is 5.14. The largest absolute Gasteiger partial charge is 0.396 e. The van der Waals surface area contributed by atoms with Crippen molar-refractivity contribution >= 4 is 21.6 Å². The van der Waals surface area contributed by atoms with Crippen LogP contribution in [0.15, 0.2) is 23.1 Å². The summed E-state index contributed by atoms with van der Waals surface area (Å²) in [5.41, 5.74) is 0.599. The van der Waals surface area contributed by atoms with E-state index in [1.807, 2.05) is 0 Å². The van der Waals surface area contributed by atoms with Gasteiger partial charge in [-0.25, -0.2) is 8.42 Å². The lowest BCUT2D eigenvalue weighted by Gasteiger charge is -2.25. The van der Waals surface area contributed by atoms with Gasteiger partial charge in [-0.05, 0) is 50.3 Å². The average Bonchev–Trinajstić information content (AvgIpc) is 2.88. The second-order valence-corrected chi connectivity index (χ2v) is 7.41. The fourth-order valence-corrected chi connectivity index (χ4v) is 4.94. The molecule has 1 aromatic carbocycles. The van der Waals surface area contributed by atoms with Gasteiger partial charge in [-0.1, -0.05) is 17.7 Å². The molecule has 4 nitrogen and oxygen atoms in total. The maximum Gasteiger partial charge on any atom is 0.243 e. The number of aliphatic hydroxyl groups is 1. The minimum absolute atomic E-state index is 0.00877. The molecule has 0 radical (unpaired) electrons. The van der Waals surface area contributed by atoms with Gasteiger partial charge in [-0.15, -0.1) is 0 Å². The van der Waals surface area contributed by atoms with Crippen molar-refractivity contribution < 1.29 is 13.5 Å². The number of rotatable bonds is 5. The summed E-state index contributed by atoms with van der Waals surface area (Å²) >= 11 is 6.03. The van der Waals surface area contributed by atoms with Crippen molar-refractivity contribution in [3.05, 3.63) is 28.8 Å². The highest BCUT2D eigenvalue weighted by molar-refractivity contribution is 7.89. The SMILES string of the molecule is Cc1c(Cl)cccc1S(=O)(=O)N1CCCC1CCCO. The number of aliphatic hydroxyl groups excluding tert-OH is 1. The van der Waals surface area contributed by atoms with Gasteiger partial charge in [-0.2, -0.15) is 4.31 Å². The van der Waals surface area contributed by atoms with E-state index in [-0.39, 0.29) is 12.6 Å². The van der Waals surface area contributed by atoms with Gasteiger partial charge < -0.3 is 5.11 Å². The average molecular weight is 318 g/mol. The Hall–Kier alpha value is -0.620. The van der Waals surface area contributed by atoms with Crippen molar-refractivity contribution in [3.63, 3.8) is 0 Å². The van der Waals surface area contributed by atoms with Crippen molar-refractivity contribution in [1.29, 1.82) is 0 Å². The van der Waals surface area contributed by atoms with E-state index in [0.717, 1.165) is 12.8 Å². The van der Waals surface area contributed by atoms with Crippen LogP contribution in [0.1, 0.15) is 31.2 Å². The quantitative estimate of drug-likeness (QED) is 0.908. The Bertz CT molecular complexity index is 574. The number of benzene rings is 1. The van der Waals surface area contributed by atoms with Gasteiger partial charge >= 0.3 is 0 Å². The highest BCUT2D eigenvalue weighted by Crippen LogP contribution is 2.31. The highest BCUT2D eigenvalue weighted by Gasteiger charge is 2.35. The normalized spacial score (nSPS) is 20.4. The molecule has 0 bridgehead atoms. The Morgan fingerprint density at radius 2 is 2.20 bits per heavy atom. The zero-order chi connectivity index (χ0) is 14.8. The van der Waals surface area contributed by atoms with Crippen molar-refractivity contribution in [2.45, 2.75) is 43.5 Å². The summed E-state index contributed by atoms with van der Waals surface area (Å²) in [6.07, 6.45) is 3.06. The van der Waals surface area contributed by atoms with E-state index in [9.17, 15) is 8.42 Å². The van der Waals surface area contributed by atoms with E-state index >= 15 is 0 Å². The fourth-order valence-electron chi connectivity index (χ4n) is 2.73. The van der Waals surface area contributed by atoms with Crippen LogP contribution >= 0.6 is 11.6 Å². The summed E-state index contributed by atoms with van der Waals surface area (Å²) in [4.78, 5) is 0.292. The second kappa shape index (κ2) is 6.43. The maximum atomic E-state index is 12.8. The minimum Gasteiger partial charge on any atom is -0.396 e. The fraction of sp³-hybridized carbons (Fsp3) is 0.571. The van der Waals surface area contributed by atoms with Crippen LogP contribution in [0.4, 0.5) is 0 Å². The first-order chi connectivity index (χ1) is 9.48. The third kappa shape index (κ3) is 3.01. The molecule has 0 spiro atoms. The molecule has 1 atom stereocenters. The zero-order valence-corrected chi connectivity index (χ0v) is 13.1. The summed E-state index contributed by atoms with van der Waals surface area (Å²) in [6, 6.07) is 4.97. The Labute approximate surface area is 125 Å². The first-order valence-electron chi connectivity index (χ1n) is 6.86. The van der Waals surface area contributed by atoms with Gasteiger partial charge in [0.1, 0.15) is 0 Å². The molecule has 1 saturated heterocycles. The first kappa shape index (κ1) is 15.8. The molecule has 0 aliphatic carbocycles. The first-order valence-corrected chi connectivity index (χ1v) is 8.68. The maximum absolute atomic E-state index is 12.8. The van der Waals surface area contributed by atoms with Crippen molar-refractivity contribution in [1.82, 2.24) is 4.31 Å². The van der Waals surface area contributed by atoms with Crippen LogP contribution in [0.5, 0.6) is 0 Å². The van der Waals surface area contributed by atoms with Crippen LogP contribution < -0.4 is 0 Å². The molecule has 20 heavy (non-hydrogen) atoms. The molecule has 1 N–H and O–H groups in total. The van der Waals surface area contributed by atoms with Crippen LogP contribution in [-0.2, 0) is 10.0 Å². The van der Waals surface area contributed by atoms with E-state index in [4.69, 9.17) is 16.7 Å². The number of nitrogens with zero attached hydrogens (tertiary/aromatic N) is 1. The molecule has 2 rings (SSSR count). The van der Waals surface area contributed by atoms with Crippen molar-refractivity contribution in [2.75, 3.05) is 13.2 Å². The van der Waals surface area contributed by atoms with Gasteiger partial charge in [0, 0.05) is 24.2 Å². The summed E-state index contributed by atoms with van der Waals surface area (Å²) in [5.74, 6) is 0. The molecule has 1 heterocycles. The van der Waals surface area contributed by atoms with Gasteiger partial charge in [0.15, 0.2) is 0 Å². The molecule has 0 amide bonds. The standard InChI is InChI=1S/C14H20ClNO3S/c1-11-13(15)7-2-8-14(11)20(18,19)16-9-3-5-12(16)6-4-10-17/h2,7-8,12,17H,3-6,9-10H2,1H3. The van der Waals surface area contributed by atoms with E-state index in [2.05, 4.69) is 0 Å². The lowest BCUT2D eigenvalue weighted by molar-refractivity contribution is 0.264. The van der Waals surface area contributed by atoms with Crippen molar-refractivity contribution in [2.24, 2.45) is 0 Å². The molecule has 1 aliphatic rings. The van der Waals surface area contributed by atoms with Gasteiger partial charge in [0.05, 0.1) is 4.90 Å². The van der Waals surface area contributed by atoms with Crippen LogP contribution in [0, 0.1) is 6.92 Å². The van der Waals surface area contributed by atoms with E-state index in [1.54, 1.807) is 29.4 Å². The van der Waals surface area contributed by atoms with E-state index in [0.29, 0.717) is 34.9 Å². The Morgan fingerprint density at radius 1 is 1.45 bits per heavy atom. The van der Waals surface area contributed by atoms with Crippen LogP contribution in [0.25, 0.3) is 0 Å². The molecule has 0 aromatic heterocycles. The Balaban J connectivity index is 2.32. The molecule has 0 saturated carbocycles. The third-order valence-electron chi connectivity index (χ3n) is 3.82. The Kier molecular flexibility index (Phi) is 5.07. The Morgan fingerprint density at radius 3 is 2.90 bits per heavy atom. The topological polar surface area (TPSA) is 57.6 Å². The van der Waals surface area contributed by atoms with Gasteiger partial charge in [-0.3, -0.25) is 0 Å². The molecule has 1 aromatic rings. The summed E-state index contributed by atoms with van der Waals surface area (Å²) in [6.45, 7) is 2.37. The smallest absolute Gasteiger partial charge is 0.243 e. The lowest BCUT2D eigenvalue weighted by atomic mass is 10.1. The van der Waals surface area contributed by atoms with E-state index in [1.165, 1.54) is 0 Å². The molecule has 1 fully saturated rings. The summed E-state index contributed by atoms with van der Waals surface area (Å²) < 4.78 is 27.1. The van der Waals surface area contributed by atoms with Crippen LogP contribution in [0.3, 0.4) is 0 Å². The number of sulfonamides is 1. The zero-order valence-electron chi connectivity index (χ0n) is 11.5. The number of halogens is 1. The molecule has 112 valence electrons. The predicted octanol–water partition coefficient (Wildman–Crippen LogP) is 2.57. The van der Waals surface area contributed by atoms with Gasteiger partial charge in [0.2, 0.25) is 10.0 Å². The monoisotopic (exact) mass is 317 g/mol. The summed E-state index contributed by atoms with van der Waals surface area (Å²) in [5, 5.41) is 9.40. The molecular weight excluding hydrogens is 298 g/mol. The number of hydrogen-bond donors (Lipinski definition) is 1. The molecule has 1 unspecified atom stereocenters. The molecule has 6 heteroatoms. The lowest BCUT2D eigenvalue weighted by Crippen LogP contribution is -2.36. The van der Waals surface area contributed by atoms with Crippen LogP contribution in [-0.4, -0.2) is 37.0 Å². The minimum atomic E-state index is -3.50.